The number of benzene rings is 2. The van der Waals surface area contributed by atoms with Crippen LogP contribution in [0.25, 0.3) is 11.1 Å². The van der Waals surface area contributed by atoms with Crippen LogP contribution < -0.4 is 5.32 Å². The van der Waals surface area contributed by atoms with Crippen LogP contribution in [-0.2, 0) is 16.0 Å². The number of amides is 1. The minimum Gasteiger partial charge on any atom is -0.480 e. The number of carbonyl (C=O) groups is 2. The second-order valence-electron chi connectivity index (χ2n) is 7.50. The summed E-state index contributed by atoms with van der Waals surface area (Å²) in [6, 6.07) is 17.1. The zero-order valence-corrected chi connectivity index (χ0v) is 17.7. The summed E-state index contributed by atoms with van der Waals surface area (Å²) in [6.45, 7) is 4.10. The van der Waals surface area contributed by atoms with Gasteiger partial charge in [-0.3, -0.25) is 0 Å². The SMILES string of the molecule is Cc1cc(C[C@H](NC(=O)OCC2c3ccccc3-c3ccccc32)C(=O)O)c(C)s1. The molecular weight excluding hydrogens is 398 g/mol. The van der Waals surface area contributed by atoms with E-state index in [9.17, 15) is 14.7 Å². The highest BCUT2D eigenvalue weighted by Gasteiger charge is 2.30. The van der Waals surface area contributed by atoms with Gasteiger partial charge in [0.05, 0.1) is 0 Å². The Hall–Kier alpha value is -3.12. The van der Waals surface area contributed by atoms with E-state index in [4.69, 9.17) is 4.74 Å². The molecule has 1 aliphatic carbocycles. The molecular formula is C24H23NO4S. The molecule has 0 saturated heterocycles. The highest BCUT2D eigenvalue weighted by Crippen LogP contribution is 2.44. The third-order valence-electron chi connectivity index (χ3n) is 5.50. The standard InChI is InChI=1S/C24H23NO4S/c1-14-11-16(15(2)30-14)12-22(23(26)27)25-24(28)29-13-21-19-9-5-3-7-17(19)18-8-4-6-10-20(18)21/h3-11,21-22H,12-13H2,1-2H3,(H,25,28)(H,26,27)/t22-/m0/s1. The average Bonchev–Trinajstić information content (AvgIpc) is 3.22. The Bertz CT molecular complexity index is 1060. The van der Waals surface area contributed by atoms with E-state index in [0.717, 1.165) is 37.6 Å². The lowest BCUT2D eigenvalue weighted by atomic mass is 9.98. The molecule has 2 N–H and O–H groups in total. The predicted octanol–water partition coefficient (Wildman–Crippen LogP) is 4.90. The fraction of sp³-hybridized carbons (Fsp3) is 0.250. The van der Waals surface area contributed by atoms with Crippen LogP contribution >= 0.6 is 11.3 Å². The molecule has 4 rings (SSSR count). The van der Waals surface area contributed by atoms with Crippen LogP contribution in [-0.4, -0.2) is 29.8 Å². The predicted molar refractivity (Wildman–Crippen MR) is 117 cm³/mol. The van der Waals surface area contributed by atoms with E-state index in [2.05, 4.69) is 17.4 Å². The fourth-order valence-electron chi connectivity index (χ4n) is 4.09. The molecule has 1 amide bonds. The van der Waals surface area contributed by atoms with Gasteiger partial charge in [0, 0.05) is 22.1 Å². The molecule has 3 aromatic rings. The number of alkyl carbamates (subject to hydrolysis) is 1. The van der Waals surface area contributed by atoms with Gasteiger partial charge in [-0.2, -0.15) is 0 Å². The summed E-state index contributed by atoms with van der Waals surface area (Å²) in [7, 11) is 0. The first-order chi connectivity index (χ1) is 14.4. The molecule has 0 aliphatic heterocycles. The van der Waals surface area contributed by atoms with Crippen molar-refractivity contribution in [1.82, 2.24) is 5.32 Å². The van der Waals surface area contributed by atoms with E-state index < -0.39 is 18.1 Å². The number of aliphatic carboxylic acids is 1. The second-order valence-corrected chi connectivity index (χ2v) is 8.96. The van der Waals surface area contributed by atoms with Crippen molar-refractivity contribution in [3.8, 4) is 11.1 Å². The second kappa shape index (κ2) is 8.32. The first-order valence-corrected chi connectivity index (χ1v) is 10.7. The molecule has 30 heavy (non-hydrogen) atoms. The first-order valence-electron chi connectivity index (χ1n) is 9.84. The van der Waals surface area contributed by atoms with Crippen molar-refractivity contribution in [2.75, 3.05) is 6.61 Å². The largest absolute Gasteiger partial charge is 0.480 e. The molecule has 2 aromatic carbocycles. The smallest absolute Gasteiger partial charge is 0.407 e. The van der Waals surface area contributed by atoms with Gasteiger partial charge in [0.25, 0.3) is 0 Å². The summed E-state index contributed by atoms with van der Waals surface area (Å²) in [6.07, 6.45) is -0.482. The summed E-state index contributed by atoms with van der Waals surface area (Å²) in [5, 5.41) is 12.1. The maximum atomic E-state index is 12.4. The number of fused-ring (bicyclic) bond motifs is 3. The summed E-state index contributed by atoms with van der Waals surface area (Å²) in [5.41, 5.74) is 5.46. The molecule has 0 bridgehead atoms. The maximum absolute atomic E-state index is 12.4. The van der Waals surface area contributed by atoms with Crippen LogP contribution in [0, 0.1) is 13.8 Å². The molecule has 1 atom stereocenters. The number of carboxylic acids is 1. The minimum absolute atomic E-state index is 0.0619. The Balaban J connectivity index is 1.44. The molecule has 0 fully saturated rings. The van der Waals surface area contributed by atoms with E-state index >= 15 is 0 Å². The Kier molecular flexibility index (Phi) is 5.59. The molecule has 154 valence electrons. The maximum Gasteiger partial charge on any atom is 0.407 e. The van der Waals surface area contributed by atoms with Gasteiger partial charge in [-0.1, -0.05) is 48.5 Å². The van der Waals surface area contributed by atoms with Gasteiger partial charge in [-0.15, -0.1) is 11.3 Å². The van der Waals surface area contributed by atoms with Crippen molar-refractivity contribution in [3.63, 3.8) is 0 Å². The van der Waals surface area contributed by atoms with Gasteiger partial charge >= 0.3 is 12.1 Å². The molecule has 1 aromatic heterocycles. The summed E-state index contributed by atoms with van der Waals surface area (Å²) in [5.74, 6) is -1.14. The van der Waals surface area contributed by atoms with Crippen molar-refractivity contribution in [3.05, 3.63) is 81.0 Å². The Morgan fingerprint density at radius 2 is 1.67 bits per heavy atom. The first kappa shape index (κ1) is 20.2. The lowest BCUT2D eigenvalue weighted by molar-refractivity contribution is -0.139. The van der Waals surface area contributed by atoms with Crippen molar-refractivity contribution in [2.24, 2.45) is 0 Å². The van der Waals surface area contributed by atoms with Gasteiger partial charge in [0.2, 0.25) is 0 Å². The van der Waals surface area contributed by atoms with Gasteiger partial charge in [0.15, 0.2) is 0 Å². The number of rotatable bonds is 6. The van der Waals surface area contributed by atoms with Crippen LogP contribution in [0.3, 0.4) is 0 Å². The van der Waals surface area contributed by atoms with Gasteiger partial charge in [0.1, 0.15) is 12.6 Å². The molecule has 0 radical (unpaired) electrons. The van der Waals surface area contributed by atoms with E-state index in [0.29, 0.717) is 0 Å². The number of thiophene rings is 1. The highest BCUT2D eigenvalue weighted by atomic mass is 32.1. The average molecular weight is 422 g/mol. The highest BCUT2D eigenvalue weighted by molar-refractivity contribution is 7.12. The van der Waals surface area contributed by atoms with E-state index in [1.54, 1.807) is 11.3 Å². The quantitative estimate of drug-likeness (QED) is 0.594. The van der Waals surface area contributed by atoms with Crippen LogP contribution in [0.1, 0.15) is 32.4 Å². The Morgan fingerprint density at radius 1 is 1.07 bits per heavy atom. The number of carboxylic acid groups (broad SMARTS) is 1. The lowest BCUT2D eigenvalue weighted by Gasteiger charge is -2.17. The molecule has 1 heterocycles. The Morgan fingerprint density at radius 3 is 2.20 bits per heavy atom. The van der Waals surface area contributed by atoms with Crippen molar-refractivity contribution in [2.45, 2.75) is 32.2 Å². The fourth-order valence-corrected chi connectivity index (χ4v) is 5.05. The van der Waals surface area contributed by atoms with Crippen LogP contribution in [0.5, 0.6) is 0 Å². The topological polar surface area (TPSA) is 75.6 Å². The lowest BCUT2D eigenvalue weighted by Crippen LogP contribution is -2.43. The van der Waals surface area contributed by atoms with Crippen LogP contribution in [0.15, 0.2) is 54.6 Å². The van der Waals surface area contributed by atoms with Gasteiger partial charge < -0.3 is 15.2 Å². The van der Waals surface area contributed by atoms with Crippen LogP contribution in [0.4, 0.5) is 4.79 Å². The van der Waals surface area contributed by atoms with E-state index in [1.807, 2.05) is 56.3 Å². The molecule has 0 spiro atoms. The monoisotopic (exact) mass is 421 g/mol. The summed E-state index contributed by atoms with van der Waals surface area (Å²) in [4.78, 5) is 26.3. The normalized spacial score (nSPS) is 13.4. The van der Waals surface area contributed by atoms with Crippen molar-refractivity contribution in [1.29, 1.82) is 0 Å². The number of hydrogen-bond acceptors (Lipinski definition) is 4. The van der Waals surface area contributed by atoms with E-state index in [-0.39, 0.29) is 18.9 Å². The number of carbonyl (C=O) groups excluding carboxylic acids is 1. The van der Waals surface area contributed by atoms with Gasteiger partial charge in [-0.25, -0.2) is 9.59 Å². The zero-order valence-electron chi connectivity index (χ0n) is 16.8. The molecule has 6 heteroatoms. The third-order valence-corrected chi connectivity index (χ3v) is 6.51. The number of aryl methyl sites for hydroxylation is 2. The molecule has 0 saturated carbocycles. The number of nitrogens with one attached hydrogen (secondary N) is 1. The van der Waals surface area contributed by atoms with Gasteiger partial charge in [-0.05, 0) is 47.7 Å². The molecule has 0 unspecified atom stereocenters. The summed E-state index contributed by atoms with van der Waals surface area (Å²) < 4.78 is 5.48. The Labute approximate surface area is 179 Å². The zero-order chi connectivity index (χ0) is 21.3. The number of ether oxygens (including phenoxy) is 1. The molecule has 1 aliphatic rings. The van der Waals surface area contributed by atoms with Crippen molar-refractivity contribution >= 4 is 23.4 Å². The van der Waals surface area contributed by atoms with Crippen molar-refractivity contribution < 1.29 is 19.4 Å². The third kappa shape index (κ3) is 3.96. The minimum atomic E-state index is -1.08. The number of hydrogen-bond donors (Lipinski definition) is 2. The van der Waals surface area contributed by atoms with Crippen LogP contribution in [0.2, 0.25) is 0 Å². The summed E-state index contributed by atoms with van der Waals surface area (Å²) >= 11 is 1.62. The molecule has 5 nitrogen and oxygen atoms in total. The van der Waals surface area contributed by atoms with E-state index in [1.165, 1.54) is 0 Å².